The highest BCUT2D eigenvalue weighted by molar-refractivity contribution is 6.31. The van der Waals surface area contributed by atoms with Crippen LogP contribution in [0.1, 0.15) is 33.1 Å². The topological polar surface area (TPSA) is 117 Å². The zero-order chi connectivity index (χ0) is 30.8. The fourth-order valence-corrected chi connectivity index (χ4v) is 5.47. The number of urea groups is 1. The Bertz CT molecular complexity index is 1900. The highest BCUT2D eigenvalue weighted by Crippen LogP contribution is 2.49. The average molecular weight is 618 g/mol. The minimum atomic E-state index is -5.28. The molecule has 0 fully saturated rings. The maximum absolute atomic E-state index is 14.2. The van der Waals surface area contributed by atoms with E-state index in [-0.39, 0.29) is 33.1 Å². The maximum Gasteiger partial charge on any atom is 0.423 e. The van der Waals surface area contributed by atoms with Crippen LogP contribution < -0.4 is 21.1 Å². The van der Waals surface area contributed by atoms with Gasteiger partial charge in [-0.25, -0.2) is 13.6 Å². The summed E-state index contributed by atoms with van der Waals surface area (Å²) in [5, 5.41) is 19.7. The van der Waals surface area contributed by atoms with Crippen LogP contribution in [0.4, 0.5) is 38.1 Å². The van der Waals surface area contributed by atoms with E-state index < -0.39 is 64.7 Å². The maximum atomic E-state index is 14.2. The monoisotopic (exact) mass is 617 g/mol. The van der Waals surface area contributed by atoms with Gasteiger partial charge in [0.1, 0.15) is 11.6 Å². The quantitative estimate of drug-likeness (QED) is 0.286. The van der Waals surface area contributed by atoms with E-state index in [1.807, 2.05) is 0 Å². The molecule has 2 aliphatic heterocycles. The first kappa shape index (κ1) is 28.3. The number of hydrogen-bond acceptors (Lipinski definition) is 5. The predicted molar refractivity (Wildman–Crippen MR) is 143 cm³/mol. The van der Waals surface area contributed by atoms with Gasteiger partial charge in [-0.05, 0) is 54.6 Å². The number of nitrogens with one attached hydrogen (secondary N) is 2. The number of carbonyl (C=O) groups is 2. The van der Waals surface area contributed by atoms with Crippen molar-refractivity contribution in [1.82, 2.24) is 15.1 Å². The standard InChI is InChI=1S/C28H17ClF5N5O4/c29-19-5-3-13(30)8-16(19)24-23-17(25(41)37-24)10-15(39-22(40)2-1-7-35-39)11-20(23)36-26(42)38-12-27(43,28(32,33)34)18-9-14(31)4-6-21(18)38/h1-11,24,43H,12H2,(H,36,42)(H,37,41)/t24-,27+/m1/s1. The van der Waals surface area contributed by atoms with Crippen LogP contribution in [-0.4, -0.2) is 39.5 Å². The lowest BCUT2D eigenvalue weighted by Gasteiger charge is -2.27. The lowest BCUT2D eigenvalue weighted by molar-refractivity contribution is -0.258. The number of benzene rings is 3. The Balaban J connectivity index is 1.50. The highest BCUT2D eigenvalue weighted by atomic mass is 35.5. The molecule has 0 bridgehead atoms. The third-order valence-corrected chi connectivity index (χ3v) is 7.58. The number of nitrogens with zero attached hydrogens (tertiary/aromatic N) is 3. The molecule has 3 N–H and O–H groups in total. The van der Waals surface area contributed by atoms with Gasteiger partial charge in [0, 0.05) is 39.5 Å². The molecule has 0 aliphatic carbocycles. The van der Waals surface area contributed by atoms with Crippen molar-refractivity contribution < 1.29 is 36.6 Å². The SMILES string of the molecule is O=C1N[C@H](c2cc(F)ccc2Cl)c2c(NC(=O)N3C[C@@](O)(C(F)(F)F)c4cc(F)ccc43)cc(-n3ncccc3=O)cc21. The van der Waals surface area contributed by atoms with Gasteiger partial charge in [0.2, 0.25) is 5.60 Å². The van der Waals surface area contributed by atoms with Crippen molar-refractivity contribution in [2.24, 2.45) is 0 Å². The summed E-state index contributed by atoms with van der Waals surface area (Å²) in [5.74, 6) is -2.43. The Morgan fingerprint density at radius 2 is 1.79 bits per heavy atom. The van der Waals surface area contributed by atoms with Crippen LogP contribution in [0.25, 0.3) is 5.69 Å². The van der Waals surface area contributed by atoms with Gasteiger partial charge in [0.15, 0.2) is 0 Å². The van der Waals surface area contributed by atoms with E-state index in [1.54, 1.807) is 0 Å². The summed E-state index contributed by atoms with van der Waals surface area (Å²) < 4.78 is 71.0. The summed E-state index contributed by atoms with van der Waals surface area (Å²) in [6, 6.07) is 8.47. The molecule has 3 amide bonds. The first-order chi connectivity index (χ1) is 20.3. The summed E-state index contributed by atoms with van der Waals surface area (Å²) in [7, 11) is 0. The molecule has 1 aromatic heterocycles. The van der Waals surface area contributed by atoms with Gasteiger partial charge in [-0.2, -0.15) is 23.0 Å². The number of hydrogen-bond donors (Lipinski definition) is 3. The zero-order valence-corrected chi connectivity index (χ0v) is 22.2. The Hall–Kier alpha value is -4.82. The van der Waals surface area contributed by atoms with Crippen LogP contribution >= 0.6 is 11.6 Å². The molecule has 0 radical (unpaired) electrons. The summed E-state index contributed by atoms with van der Waals surface area (Å²) in [5.41, 5.74) is -5.49. The summed E-state index contributed by atoms with van der Waals surface area (Å²) in [6.45, 7) is -1.31. The van der Waals surface area contributed by atoms with Crippen LogP contribution in [0.3, 0.4) is 0 Å². The first-order valence-corrected chi connectivity index (χ1v) is 12.8. The van der Waals surface area contributed by atoms with Crippen molar-refractivity contribution in [2.75, 3.05) is 16.8 Å². The number of halogens is 6. The molecule has 0 spiro atoms. The zero-order valence-electron chi connectivity index (χ0n) is 21.4. The summed E-state index contributed by atoms with van der Waals surface area (Å²) in [4.78, 5) is 39.8. The van der Waals surface area contributed by atoms with Crippen molar-refractivity contribution in [3.05, 3.63) is 116 Å². The second-order valence-electron chi connectivity index (χ2n) is 9.84. The number of β-amino-alcohol motifs (C(OH)–C–C–N with tert-alkyl or cyclic N) is 1. The lowest BCUT2D eigenvalue weighted by atomic mass is 9.95. The number of alkyl halides is 3. The predicted octanol–water partition coefficient (Wildman–Crippen LogP) is 4.80. The first-order valence-electron chi connectivity index (χ1n) is 12.4. The van der Waals surface area contributed by atoms with E-state index in [2.05, 4.69) is 15.7 Å². The normalized spacial score (nSPS) is 19.2. The van der Waals surface area contributed by atoms with E-state index >= 15 is 0 Å². The third kappa shape index (κ3) is 4.58. The largest absolute Gasteiger partial charge is 0.423 e. The van der Waals surface area contributed by atoms with Gasteiger partial charge in [-0.1, -0.05) is 11.6 Å². The molecule has 2 atom stereocenters. The van der Waals surface area contributed by atoms with Crippen LogP contribution in [0.15, 0.2) is 71.7 Å². The molecule has 220 valence electrons. The number of rotatable bonds is 3. The number of aliphatic hydroxyl groups is 1. The van der Waals surface area contributed by atoms with Crippen molar-refractivity contribution in [2.45, 2.75) is 17.8 Å². The molecule has 43 heavy (non-hydrogen) atoms. The van der Waals surface area contributed by atoms with E-state index in [4.69, 9.17) is 11.6 Å². The van der Waals surface area contributed by atoms with Crippen LogP contribution in [-0.2, 0) is 5.60 Å². The molecular weight excluding hydrogens is 601 g/mol. The molecule has 9 nitrogen and oxygen atoms in total. The Morgan fingerprint density at radius 1 is 1.07 bits per heavy atom. The van der Waals surface area contributed by atoms with Crippen molar-refractivity contribution in [3.63, 3.8) is 0 Å². The second-order valence-corrected chi connectivity index (χ2v) is 10.2. The van der Waals surface area contributed by atoms with Gasteiger partial charge in [-0.15, -0.1) is 0 Å². The molecule has 0 unspecified atom stereocenters. The number of amides is 3. The van der Waals surface area contributed by atoms with Gasteiger partial charge in [-0.3, -0.25) is 14.5 Å². The molecular formula is C28H17ClF5N5O4. The summed E-state index contributed by atoms with van der Waals surface area (Å²) >= 11 is 6.31. The van der Waals surface area contributed by atoms with Gasteiger partial charge < -0.3 is 15.7 Å². The van der Waals surface area contributed by atoms with Gasteiger partial charge in [0.25, 0.3) is 11.5 Å². The van der Waals surface area contributed by atoms with E-state index in [1.165, 1.54) is 36.5 Å². The smallest absolute Gasteiger partial charge is 0.375 e. The number of carbonyl (C=O) groups excluding carboxylic acids is 2. The Labute approximate surface area is 243 Å². The average Bonchev–Trinajstić information content (AvgIpc) is 3.45. The van der Waals surface area contributed by atoms with Gasteiger partial charge >= 0.3 is 12.2 Å². The molecule has 0 saturated heterocycles. The third-order valence-electron chi connectivity index (χ3n) is 7.24. The highest BCUT2D eigenvalue weighted by Gasteiger charge is 2.61. The fourth-order valence-electron chi connectivity index (χ4n) is 5.24. The number of aromatic nitrogens is 2. The number of anilines is 2. The Kier molecular flexibility index (Phi) is 6.50. The Morgan fingerprint density at radius 3 is 2.51 bits per heavy atom. The van der Waals surface area contributed by atoms with Gasteiger partial charge in [0.05, 0.1) is 29.6 Å². The van der Waals surface area contributed by atoms with E-state index in [0.717, 1.165) is 28.9 Å². The lowest BCUT2D eigenvalue weighted by Crippen LogP contribution is -2.48. The molecule has 0 saturated carbocycles. The second kappa shape index (κ2) is 9.88. The molecule has 3 heterocycles. The summed E-state index contributed by atoms with van der Waals surface area (Å²) in [6.07, 6.45) is -3.98. The minimum absolute atomic E-state index is 0.0106. The minimum Gasteiger partial charge on any atom is -0.375 e. The van der Waals surface area contributed by atoms with Crippen LogP contribution in [0.5, 0.6) is 0 Å². The van der Waals surface area contributed by atoms with E-state index in [9.17, 15) is 41.4 Å². The molecule has 2 aliphatic rings. The van der Waals surface area contributed by atoms with Crippen molar-refractivity contribution in [1.29, 1.82) is 0 Å². The molecule has 15 heteroatoms. The molecule has 4 aromatic rings. The van der Waals surface area contributed by atoms with Crippen LogP contribution in [0.2, 0.25) is 5.02 Å². The fraction of sp³-hybridized carbons (Fsp3) is 0.143. The number of fused-ring (bicyclic) bond motifs is 2. The van der Waals surface area contributed by atoms with E-state index in [0.29, 0.717) is 11.0 Å². The molecule has 6 rings (SSSR count). The van der Waals surface area contributed by atoms with Crippen molar-refractivity contribution in [3.8, 4) is 5.69 Å². The molecule has 3 aromatic carbocycles. The van der Waals surface area contributed by atoms with Crippen molar-refractivity contribution >= 4 is 34.9 Å². The van der Waals surface area contributed by atoms with Crippen LogP contribution in [0, 0.1) is 11.6 Å².